The molecule has 0 spiro atoms. The molecule has 6 fully saturated rings. The average molecular weight is 613 g/mol. The normalized spacial score (nSPS) is 46.1. The molecule has 6 rings (SSSR count). The number of carbonyl (C=O) groups excluding carboxylic acids is 2. The highest BCUT2D eigenvalue weighted by Gasteiger charge is 2.60. The molecular formula is C29H48F2N7O5-. The summed E-state index contributed by atoms with van der Waals surface area (Å²) in [4.78, 5) is 32.1. The highest BCUT2D eigenvalue weighted by molar-refractivity contribution is 5.77. The average Bonchev–Trinajstić information content (AvgIpc) is 2.95. The van der Waals surface area contributed by atoms with Crippen LogP contribution < -0.4 is 16.0 Å². The number of hydrogen-bond donors (Lipinski definition) is 3. The van der Waals surface area contributed by atoms with Crippen LogP contribution in [0.15, 0.2) is 0 Å². The molecule has 1 saturated carbocycles. The second-order valence-corrected chi connectivity index (χ2v) is 14.5. The van der Waals surface area contributed by atoms with E-state index in [0.29, 0.717) is 32.7 Å². The van der Waals surface area contributed by atoms with Crippen molar-refractivity contribution in [1.29, 1.82) is 0 Å². The van der Waals surface area contributed by atoms with Gasteiger partial charge in [0.15, 0.2) is 0 Å². The molecule has 13 atom stereocenters. The Morgan fingerprint density at radius 3 is 2.51 bits per heavy atom. The van der Waals surface area contributed by atoms with Gasteiger partial charge in [0.05, 0.1) is 24.5 Å². The van der Waals surface area contributed by atoms with E-state index in [0.717, 1.165) is 5.06 Å². The van der Waals surface area contributed by atoms with Gasteiger partial charge in [-0.15, -0.1) is 0 Å². The van der Waals surface area contributed by atoms with Crippen molar-refractivity contribution < 1.29 is 27.8 Å². The molecule has 3 N–H and O–H groups in total. The maximum atomic E-state index is 16.4. The molecule has 43 heavy (non-hydrogen) atoms. The summed E-state index contributed by atoms with van der Waals surface area (Å²) in [5, 5.41) is 25.0. The van der Waals surface area contributed by atoms with Gasteiger partial charge in [-0.25, -0.2) is 18.4 Å². The van der Waals surface area contributed by atoms with Gasteiger partial charge in [0.1, 0.15) is 24.2 Å². The van der Waals surface area contributed by atoms with Crippen molar-refractivity contribution in [2.75, 3.05) is 26.3 Å². The van der Waals surface area contributed by atoms with E-state index in [-0.39, 0.29) is 30.8 Å². The molecule has 6 aliphatic rings. The predicted molar refractivity (Wildman–Crippen MR) is 154 cm³/mol. The summed E-state index contributed by atoms with van der Waals surface area (Å²) in [5.41, 5.74) is -0.628. The first-order valence-electron chi connectivity index (χ1n) is 15.9. The van der Waals surface area contributed by atoms with Crippen LogP contribution in [0, 0.1) is 23.0 Å². The van der Waals surface area contributed by atoms with Gasteiger partial charge in [-0.1, -0.05) is 6.92 Å². The summed E-state index contributed by atoms with van der Waals surface area (Å²) in [6, 6.07) is -2.71. The van der Waals surface area contributed by atoms with Crippen LogP contribution in [0.3, 0.4) is 0 Å². The summed E-state index contributed by atoms with van der Waals surface area (Å²) in [7, 11) is 0. The molecule has 0 radical (unpaired) electrons. The van der Waals surface area contributed by atoms with Gasteiger partial charge in [0, 0.05) is 56.3 Å². The molecule has 0 aromatic carbocycles. The van der Waals surface area contributed by atoms with Crippen molar-refractivity contribution in [3.63, 3.8) is 0 Å². The van der Waals surface area contributed by atoms with Crippen LogP contribution in [0.4, 0.5) is 18.4 Å². The van der Waals surface area contributed by atoms with Crippen LogP contribution in [0.1, 0.15) is 60.8 Å². The van der Waals surface area contributed by atoms with Crippen LogP contribution in [0.2, 0.25) is 0 Å². The number of amides is 3. The Morgan fingerprint density at radius 2 is 1.81 bits per heavy atom. The molecule has 3 amide bonds. The zero-order valence-corrected chi connectivity index (χ0v) is 26.0. The molecule has 5 aliphatic heterocycles. The maximum absolute atomic E-state index is 16.4. The number of hydroxylamine groups is 2. The fraction of sp³-hybridized carbons (Fsp3) is 0.931. The minimum absolute atomic E-state index is 0.00542. The van der Waals surface area contributed by atoms with Crippen molar-refractivity contribution >= 4 is 12.1 Å². The van der Waals surface area contributed by atoms with Gasteiger partial charge in [-0.2, -0.15) is 0 Å². The molecule has 12 nitrogen and oxygen atoms in total. The zero-order valence-electron chi connectivity index (χ0n) is 26.0. The van der Waals surface area contributed by atoms with Crippen LogP contribution in [-0.2, 0) is 9.47 Å². The quantitative estimate of drug-likeness (QED) is 0.409. The lowest BCUT2D eigenvalue weighted by Crippen LogP contribution is -2.80. The fourth-order valence-electron chi connectivity index (χ4n) is 8.53. The molecular weight excluding hydrogens is 564 g/mol. The van der Waals surface area contributed by atoms with Crippen molar-refractivity contribution in [2.45, 2.75) is 128 Å². The van der Waals surface area contributed by atoms with Crippen LogP contribution in [0.5, 0.6) is 0 Å². The van der Waals surface area contributed by atoms with Crippen molar-refractivity contribution in [3.8, 4) is 0 Å². The van der Waals surface area contributed by atoms with E-state index in [9.17, 15) is 14.8 Å². The SMILES string of the molecule is CC1CCC(F)C2C1OC1NCNC(C)C1N1C(=O)NC(N3CCN(C(=O)OC(C)(C)C)C[C@@H]3C)C3CC(F)C2N([O-])C31. The van der Waals surface area contributed by atoms with E-state index in [2.05, 4.69) is 20.9 Å². The van der Waals surface area contributed by atoms with E-state index in [4.69, 9.17) is 9.47 Å². The largest absolute Gasteiger partial charge is 0.783 e. The number of alkyl halides is 2. The first-order valence-corrected chi connectivity index (χ1v) is 15.9. The van der Waals surface area contributed by atoms with Gasteiger partial charge >= 0.3 is 12.1 Å². The van der Waals surface area contributed by atoms with E-state index >= 15 is 8.78 Å². The molecule has 2 bridgehead atoms. The molecule has 12 unspecified atom stereocenters. The third-order valence-electron chi connectivity index (χ3n) is 10.5. The van der Waals surface area contributed by atoms with Crippen LogP contribution >= 0.6 is 0 Å². The second kappa shape index (κ2) is 11.5. The third-order valence-corrected chi connectivity index (χ3v) is 10.5. The fourth-order valence-corrected chi connectivity index (χ4v) is 8.53. The Kier molecular flexibility index (Phi) is 8.34. The molecule has 14 heteroatoms. The minimum Gasteiger partial charge on any atom is -0.783 e. The van der Waals surface area contributed by atoms with Crippen molar-refractivity contribution in [2.24, 2.45) is 17.8 Å². The summed E-state index contributed by atoms with van der Waals surface area (Å²) in [5.74, 6) is -1.60. The van der Waals surface area contributed by atoms with E-state index in [1.807, 2.05) is 41.5 Å². The number of nitrogens with zero attached hydrogens (tertiary/aromatic N) is 4. The van der Waals surface area contributed by atoms with Gasteiger partial charge in [-0.3, -0.25) is 15.5 Å². The standard InChI is InChI=1S/C29H48F2N7O5/c1-14-7-8-18(30)20-22-19(31)11-17-24(36-10-9-35(12-15(36)2)28(40)43-29(4,5)6)34-27(39)37(26(17)38(22)41)21-16(3)32-13-33-25(21)42-23(14)20/h14-26,32-33H,7-13H2,1-6H3,(H,34,39)/q-1/t14?,15-,16?,17?,18?,19?,20?,21?,22?,23?,24?,25?,26?/m0/s1. The Bertz CT molecular complexity index is 1070. The molecule has 0 aromatic heterocycles. The third kappa shape index (κ3) is 5.50. The van der Waals surface area contributed by atoms with Crippen LogP contribution in [0.25, 0.3) is 0 Å². The van der Waals surface area contributed by atoms with E-state index in [1.165, 1.54) is 0 Å². The first kappa shape index (κ1) is 31.2. The Labute approximate surface area is 252 Å². The number of fused-ring (bicyclic) bond motifs is 5. The van der Waals surface area contributed by atoms with Crippen LogP contribution in [-0.4, -0.2) is 125 Å². The van der Waals surface area contributed by atoms with Gasteiger partial charge in [-0.05, 0) is 59.8 Å². The molecule has 0 aromatic rings. The molecule has 5 saturated heterocycles. The summed E-state index contributed by atoms with van der Waals surface area (Å²) < 4.78 is 44.4. The smallest absolute Gasteiger partial charge is 0.410 e. The van der Waals surface area contributed by atoms with Crippen molar-refractivity contribution in [3.05, 3.63) is 5.21 Å². The Hall–Kier alpha value is -1.84. The van der Waals surface area contributed by atoms with E-state index < -0.39 is 78.7 Å². The number of halogens is 2. The Balaban J connectivity index is 1.34. The number of urea groups is 1. The molecule has 244 valence electrons. The monoisotopic (exact) mass is 612 g/mol. The number of piperazine rings is 1. The lowest BCUT2D eigenvalue weighted by atomic mass is 9.70. The number of carbonyl (C=O) groups is 2. The predicted octanol–water partition coefficient (Wildman–Crippen LogP) is 2.15. The second-order valence-electron chi connectivity index (χ2n) is 14.5. The van der Waals surface area contributed by atoms with E-state index in [1.54, 1.807) is 9.80 Å². The maximum Gasteiger partial charge on any atom is 0.410 e. The lowest BCUT2D eigenvalue weighted by Gasteiger charge is -2.64. The van der Waals surface area contributed by atoms with Gasteiger partial charge in [0.25, 0.3) is 0 Å². The number of hydrogen-bond acceptors (Lipinski definition) is 9. The summed E-state index contributed by atoms with van der Waals surface area (Å²) in [6.07, 6.45) is -5.49. The highest BCUT2D eigenvalue weighted by atomic mass is 19.1. The molecule has 5 heterocycles. The highest BCUT2D eigenvalue weighted by Crippen LogP contribution is 2.48. The number of piperidine rings is 1. The summed E-state index contributed by atoms with van der Waals surface area (Å²) >= 11 is 0. The number of rotatable bonds is 1. The Morgan fingerprint density at radius 1 is 1.07 bits per heavy atom. The number of ether oxygens (including phenoxy) is 2. The minimum atomic E-state index is -1.60. The van der Waals surface area contributed by atoms with Gasteiger partial charge < -0.3 is 34.9 Å². The first-order chi connectivity index (χ1) is 20.3. The van der Waals surface area contributed by atoms with Crippen molar-refractivity contribution in [1.82, 2.24) is 35.7 Å². The summed E-state index contributed by atoms with van der Waals surface area (Å²) in [6.45, 7) is 12.9. The zero-order chi connectivity index (χ0) is 31.0. The number of nitrogens with one attached hydrogen (secondary N) is 3. The topological polar surface area (TPSA) is 125 Å². The lowest BCUT2D eigenvalue weighted by molar-refractivity contribution is -0.152. The molecule has 1 aliphatic carbocycles. The van der Waals surface area contributed by atoms with Gasteiger partial charge in [0.2, 0.25) is 0 Å².